The number of halogens is 1. The van der Waals surface area contributed by atoms with E-state index in [2.05, 4.69) is 51.2 Å². The Kier molecular flexibility index (Phi) is 6.05. The molecule has 0 bridgehead atoms. The lowest BCUT2D eigenvalue weighted by atomic mass is 10.1. The van der Waals surface area contributed by atoms with E-state index in [0.29, 0.717) is 35.0 Å². The number of hydrogen-bond acceptors (Lipinski definition) is 8. The average Bonchev–Trinajstić information content (AvgIpc) is 3.42. The first-order chi connectivity index (χ1) is 16.0. The number of aliphatic hydroxyl groups excluding tert-OH is 1. The standard InChI is InChI=1S/C24H27ClN6O2/c1-15-9-17-3-4-19(23(25)18(17)10-15)33-22-12-21(31-7-5-30(2)6-8-31)28-24(29-22)27-20-11-16(14-32)13-26-20/h3-4,10-12,32H,5-9,13-14H2,1-2H3,(H,26,27,28,29). The van der Waals surface area contributed by atoms with Crippen LogP contribution in [0.15, 0.2) is 40.4 Å². The summed E-state index contributed by atoms with van der Waals surface area (Å²) in [5, 5.41) is 13.1. The van der Waals surface area contributed by atoms with Crippen molar-refractivity contribution in [1.82, 2.24) is 14.9 Å². The van der Waals surface area contributed by atoms with Crippen molar-refractivity contribution in [3.8, 4) is 11.6 Å². The third-order valence-corrected chi connectivity index (χ3v) is 6.45. The summed E-state index contributed by atoms with van der Waals surface area (Å²) < 4.78 is 6.19. The van der Waals surface area contributed by atoms with Gasteiger partial charge in [0.2, 0.25) is 11.8 Å². The minimum atomic E-state index is -0.0179. The fourth-order valence-electron chi connectivity index (χ4n) is 4.19. The van der Waals surface area contributed by atoms with Crippen molar-refractivity contribution < 1.29 is 9.84 Å². The Balaban J connectivity index is 1.45. The zero-order valence-electron chi connectivity index (χ0n) is 18.8. The van der Waals surface area contributed by atoms with E-state index in [1.54, 1.807) is 0 Å². The SMILES string of the molecule is CC1=Cc2c(ccc(Oc3cc(N4CCN(C)CC4)nc(NC4=NCC(CO)=C4)n3)c2Cl)C1. The van der Waals surface area contributed by atoms with Crippen LogP contribution in [0.4, 0.5) is 11.8 Å². The molecule has 2 aliphatic heterocycles. The van der Waals surface area contributed by atoms with Crippen LogP contribution in [0.2, 0.25) is 5.02 Å². The van der Waals surface area contributed by atoms with Crippen molar-refractivity contribution in [3.05, 3.63) is 51.6 Å². The van der Waals surface area contributed by atoms with Crippen molar-refractivity contribution in [1.29, 1.82) is 0 Å². The number of hydrogen-bond donors (Lipinski definition) is 2. The zero-order valence-corrected chi connectivity index (χ0v) is 19.6. The molecule has 5 rings (SSSR count). The molecule has 1 fully saturated rings. The summed E-state index contributed by atoms with van der Waals surface area (Å²) in [7, 11) is 2.12. The second-order valence-electron chi connectivity index (χ2n) is 8.69. The molecule has 0 amide bonds. The van der Waals surface area contributed by atoms with Gasteiger partial charge < -0.3 is 25.0 Å². The predicted molar refractivity (Wildman–Crippen MR) is 132 cm³/mol. The number of benzene rings is 1. The van der Waals surface area contributed by atoms with Crippen LogP contribution >= 0.6 is 11.6 Å². The van der Waals surface area contributed by atoms with E-state index in [1.165, 1.54) is 11.1 Å². The third kappa shape index (κ3) is 4.73. The molecule has 0 unspecified atom stereocenters. The number of piperazine rings is 1. The maximum atomic E-state index is 9.35. The van der Waals surface area contributed by atoms with Gasteiger partial charge in [-0.3, -0.25) is 4.99 Å². The number of ether oxygens (including phenoxy) is 1. The number of nitrogens with zero attached hydrogens (tertiary/aromatic N) is 5. The number of anilines is 2. The van der Waals surface area contributed by atoms with Gasteiger partial charge in [-0.2, -0.15) is 9.97 Å². The molecule has 1 aromatic heterocycles. The van der Waals surface area contributed by atoms with E-state index in [0.717, 1.165) is 49.6 Å². The number of nitrogens with one attached hydrogen (secondary N) is 1. The Morgan fingerprint density at radius 3 is 2.73 bits per heavy atom. The Morgan fingerprint density at radius 2 is 1.97 bits per heavy atom. The van der Waals surface area contributed by atoms with Gasteiger partial charge in [-0.25, -0.2) is 0 Å². The predicted octanol–water partition coefficient (Wildman–Crippen LogP) is 3.38. The van der Waals surface area contributed by atoms with Crippen molar-refractivity contribution in [3.63, 3.8) is 0 Å². The Hall–Kier alpha value is -2.94. The average molecular weight is 467 g/mol. The molecule has 9 heteroatoms. The highest BCUT2D eigenvalue weighted by Gasteiger charge is 2.21. The van der Waals surface area contributed by atoms with Crippen LogP contribution < -0.4 is 15.0 Å². The van der Waals surface area contributed by atoms with Crippen molar-refractivity contribution in [2.24, 2.45) is 4.99 Å². The number of aliphatic hydroxyl groups is 1. The summed E-state index contributed by atoms with van der Waals surface area (Å²) in [5.74, 6) is 2.77. The quantitative estimate of drug-likeness (QED) is 0.698. The summed E-state index contributed by atoms with van der Waals surface area (Å²) in [6, 6.07) is 5.81. The van der Waals surface area contributed by atoms with E-state index in [1.807, 2.05) is 18.2 Å². The minimum Gasteiger partial charge on any atom is -0.437 e. The first-order valence-electron chi connectivity index (χ1n) is 11.1. The summed E-state index contributed by atoms with van der Waals surface area (Å²) >= 11 is 6.69. The molecule has 8 nitrogen and oxygen atoms in total. The monoisotopic (exact) mass is 466 g/mol. The van der Waals surface area contributed by atoms with E-state index in [4.69, 9.17) is 21.3 Å². The highest BCUT2D eigenvalue weighted by Crippen LogP contribution is 2.39. The van der Waals surface area contributed by atoms with Gasteiger partial charge >= 0.3 is 0 Å². The van der Waals surface area contributed by atoms with Crippen LogP contribution in [0, 0.1) is 0 Å². The van der Waals surface area contributed by atoms with Crippen molar-refractivity contribution in [2.45, 2.75) is 13.3 Å². The summed E-state index contributed by atoms with van der Waals surface area (Å²) in [5.41, 5.74) is 4.35. The van der Waals surface area contributed by atoms with Gasteiger partial charge in [-0.15, -0.1) is 0 Å². The molecule has 0 radical (unpaired) electrons. The lowest BCUT2D eigenvalue weighted by Gasteiger charge is -2.33. The van der Waals surface area contributed by atoms with Gasteiger partial charge in [-0.1, -0.05) is 29.3 Å². The van der Waals surface area contributed by atoms with Gasteiger partial charge in [0.1, 0.15) is 17.4 Å². The van der Waals surface area contributed by atoms with Gasteiger partial charge in [0, 0.05) is 37.8 Å². The topological polar surface area (TPSA) is 86.1 Å². The van der Waals surface area contributed by atoms with Crippen LogP contribution in [-0.2, 0) is 6.42 Å². The highest BCUT2D eigenvalue weighted by atomic mass is 35.5. The molecular weight excluding hydrogens is 440 g/mol. The molecule has 0 spiro atoms. The number of rotatable bonds is 5. The second-order valence-corrected chi connectivity index (χ2v) is 9.06. The summed E-state index contributed by atoms with van der Waals surface area (Å²) in [6.45, 7) is 6.20. The fraction of sp³-hybridized carbons (Fsp3) is 0.375. The molecule has 1 aromatic carbocycles. The number of fused-ring (bicyclic) bond motifs is 1. The smallest absolute Gasteiger partial charge is 0.233 e. The molecule has 2 N–H and O–H groups in total. The summed E-state index contributed by atoms with van der Waals surface area (Å²) in [4.78, 5) is 18.2. The van der Waals surface area contributed by atoms with Gasteiger partial charge in [0.05, 0.1) is 18.2 Å². The van der Waals surface area contributed by atoms with Gasteiger partial charge in [0.15, 0.2) is 0 Å². The van der Waals surface area contributed by atoms with Crippen LogP contribution in [0.1, 0.15) is 18.1 Å². The second kappa shape index (κ2) is 9.13. The van der Waals surface area contributed by atoms with E-state index >= 15 is 0 Å². The Morgan fingerprint density at radius 1 is 1.15 bits per heavy atom. The Labute approximate surface area is 198 Å². The van der Waals surface area contributed by atoms with Gasteiger partial charge in [0.25, 0.3) is 0 Å². The maximum absolute atomic E-state index is 9.35. The number of likely N-dealkylation sites (N-methyl/N-ethyl adjacent to an activating group) is 1. The number of allylic oxidation sites excluding steroid dienone is 1. The highest BCUT2D eigenvalue weighted by molar-refractivity contribution is 6.33. The molecule has 2 aromatic rings. The molecule has 1 saturated heterocycles. The largest absolute Gasteiger partial charge is 0.437 e. The van der Waals surface area contributed by atoms with E-state index < -0.39 is 0 Å². The van der Waals surface area contributed by atoms with Crippen LogP contribution in [0.3, 0.4) is 0 Å². The maximum Gasteiger partial charge on any atom is 0.233 e. The molecule has 1 aliphatic carbocycles. The first kappa shape index (κ1) is 21.9. The Bertz CT molecular complexity index is 1170. The van der Waals surface area contributed by atoms with Gasteiger partial charge in [-0.05, 0) is 43.7 Å². The van der Waals surface area contributed by atoms with Crippen LogP contribution in [0.25, 0.3) is 6.08 Å². The fourth-order valence-corrected chi connectivity index (χ4v) is 4.47. The zero-order chi connectivity index (χ0) is 22.9. The molecule has 0 atom stereocenters. The number of aromatic nitrogens is 2. The normalized spacial score (nSPS) is 18.1. The van der Waals surface area contributed by atoms with E-state index in [-0.39, 0.29) is 6.61 Å². The number of amidine groups is 1. The lowest BCUT2D eigenvalue weighted by Crippen LogP contribution is -2.44. The lowest BCUT2D eigenvalue weighted by molar-refractivity contribution is 0.312. The van der Waals surface area contributed by atoms with Crippen molar-refractivity contribution in [2.75, 3.05) is 56.6 Å². The van der Waals surface area contributed by atoms with E-state index in [9.17, 15) is 5.11 Å². The van der Waals surface area contributed by atoms with Crippen LogP contribution in [-0.4, -0.2) is 72.2 Å². The molecule has 33 heavy (non-hydrogen) atoms. The van der Waals surface area contributed by atoms with Crippen LogP contribution in [0.5, 0.6) is 11.6 Å². The molecular formula is C24H27ClN6O2. The third-order valence-electron chi connectivity index (χ3n) is 6.06. The molecule has 172 valence electrons. The summed E-state index contributed by atoms with van der Waals surface area (Å²) in [6.07, 6.45) is 4.84. The number of aliphatic imine (C=N–C) groups is 1. The molecule has 0 saturated carbocycles. The molecule has 3 heterocycles. The van der Waals surface area contributed by atoms with Crippen molar-refractivity contribution >= 4 is 35.3 Å². The molecule has 3 aliphatic rings. The minimum absolute atomic E-state index is 0.0179. The first-order valence-corrected chi connectivity index (χ1v) is 11.5.